The topological polar surface area (TPSA) is 80.7 Å². The number of aromatic nitrogens is 1. The molecule has 2 aromatic rings. The van der Waals surface area contributed by atoms with Crippen molar-refractivity contribution in [2.24, 2.45) is 0 Å². The highest BCUT2D eigenvalue weighted by molar-refractivity contribution is 5.86. The Bertz CT molecular complexity index is 899. The Labute approximate surface area is 191 Å². The molecular weight excluding hydrogens is 404 g/mol. The first-order valence-corrected chi connectivity index (χ1v) is 11.9. The lowest BCUT2D eigenvalue weighted by Gasteiger charge is -2.30. The Kier molecular flexibility index (Phi) is 8.49. The molecule has 1 aromatic heterocycles. The zero-order valence-corrected chi connectivity index (χ0v) is 19.9. The van der Waals surface area contributed by atoms with Crippen LogP contribution < -0.4 is 10.1 Å². The number of carbonyl (C=O) groups is 1. The summed E-state index contributed by atoms with van der Waals surface area (Å²) in [6.45, 7) is 8.69. The number of hydrogen-bond acceptors (Lipinski definition) is 5. The monoisotopic (exact) mass is 442 g/mol. The highest BCUT2D eigenvalue weighted by atomic mass is 16.5. The van der Waals surface area contributed by atoms with E-state index in [1.165, 1.54) is 0 Å². The number of benzene rings is 1. The van der Waals surface area contributed by atoms with Gasteiger partial charge in [0.15, 0.2) is 0 Å². The quantitative estimate of drug-likeness (QED) is 0.515. The average Bonchev–Trinajstić information content (AvgIpc) is 2.74. The highest BCUT2D eigenvalue weighted by Crippen LogP contribution is 2.32. The predicted octanol–water partition coefficient (Wildman–Crippen LogP) is 4.83. The van der Waals surface area contributed by atoms with E-state index in [2.05, 4.69) is 25.2 Å². The van der Waals surface area contributed by atoms with Crippen LogP contribution in [-0.4, -0.2) is 40.4 Å². The number of fused-ring (bicyclic) bond motifs is 1. The van der Waals surface area contributed by atoms with Gasteiger partial charge >= 0.3 is 0 Å². The van der Waals surface area contributed by atoms with Gasteiger partial charge in [0.05, 0.1) is 42.6 Å². The van der Waals surface area contributed by atoms with Crippen molar-refractivity contribution in [3.63, 3.8) is 0 Å². The lowest BCUT2D eigenvalue weighted by molar-refractivity contribution is -0.126. The van der Waals surface area contributed by atoms with Crippen LogP contribution in [0.15, 0.2) is 24.3 Å². The minimum atomic E-state index is -0.978. The summed E-state index contributed by atoms with van der Waals surface area (Å²) >= 11 is 0. The second-order valence-electron chi connectivity index (χ2n) is 9.57. The van der Waals surface area contributed by atoms with Crippen molar-refractivity contribution in [3.8, 4) is 5.75 Å². The number of nitrogens with one attached hydrogen (secondary N) is 1. The van der Waals surface area contributed by atoms with Crippen molar-refractivity contribution in [1.82, 2.24) is 10.3 Å². The van der Waals surface area contributed by atoms with Crippen molar-refractivity contribution >= 4 is 16.8 Å². The maximum Gasteiger partial charge on any atom is 0.223 e. The minimum absolute atomic E-state index is 0.0894. The fourth-order valence-electron chi connectivity index (χ4n) is 4.21. The molecule has 2 N–H and O–H groups in total. The van der Waals surface area contributed by atoms with Crippen molar-refractivity contribution in [3.05, 3.63) is 35.5 Å². The van der Waals surface area contributed by atoms with E-state index < -0.39 is 5.60 Å². The van der Waals surface area contributed by atoms with E-state index in [9.17, 15) is 9.90 Å². The lowest BCUT2D eigenvalue weighted by atomic mass is 9.92. The molecule has 1 amide bonds. The van der Waals surface area contributed by atoms with Gasteiger partial charge in [-0.05, 0) is 65.0 Å². The molecule has 1 saturated carbocycles. The van der Waals surface area contributed by atoms with Crippen molar-refractivity contribution in [2.45, 2.75) is 97.0 Å². The summed E-state index contributed by atoms with van der Waals surface area (Å²) in [5.41, 5.74) is 1.93. The third kappa shape index (κ3) is 6.91. The predicted molar refractivity (Wildman–Crippen MR) is 127 cm³/mol. The number of para-hydroxylation sites is 1. The number of pyridine rings is 1. The third-order valence-corrected chi connectivity index (χ3v) is 6.01. The van der Waals surface area contributed by atoms with Gasteiger partial charge in [0, 0.05) is 17.0 Å². The van der Waals surface area contributed by atoms with Gasteiger partial charge in [-0.25, -0.2) is 4.98 Å². The number of ether oxygens (including phenoxy) is 2. The number of rotatable bonds is 10. The van der Waals surface area contributed by atoms with E-state index in [1.807, 2.05) is 18.2 Å². The van der Waals surface area contributed by atoms with E-state index in [-0.39, 0.29) is 24.5 Å². The third-order valence-electron chi connectivity index (χ3n) is 6.01. The molecule has 32 heavy (non-hydrogen) atoms. The smallest absolute Gasteiger partial charge is 0.223 e. The summed E-state index contributed by atoms with van der Waals surface area (Å²) in [5.74, 6) is 0.828. The van der Waals surface area contributed by atoms with E-state index in [1.54, 1.807) is 13.8 Å². The number of unbranched alkanes of at least 4 members (excludes halogenated alkanes) is 1. The Morgan fingerprint density at radius 2 is 1.94 bits per heavy atom. The molecule has 1 heterocycles. The molecule has 1 fully saturated rings. The lowest BCUT2D eigenvalue weighted by Crippen LogP contribution is -2.41. The first-order chi connectivity index (χ1) is 15.3. The molecule has 0 radical (unpaired) electrons. The van der Waals surface area contributed by atoms with Gasteiger partial charge in [-0.3, -0.25) is 4.79 Å². The maximum atomic E-state index is 12.1. The van der Waals surface area contributed by atoms with Crippen LogP contribution in [0.4, 0.5) is 0 Å². The summed E-state index contributed by atoms with van der Waals surface area (Å²) in [4.78, 5) is 16.9. The van der Waals surface area contributed by atoms with Crippen LogP contribution in [0.3, 0.4) is 0 Å². The molecule has 1 aromatic carbocycles. The molecule has 3 rings (SSSR count). The van der Waals surface area contributed by atoms with Crippen LogP contribution in [0.1, 0.15) is 77.0 Å². The molecule has 0 atom stereocenters. The SMILES string of the molecule is CCCCOc1c(C)c(COC2CCC(NC(=O)CC(C)(C)O)CC2)nc2ccccc12. The van der Waals surface area contributed by atoms with Gasteiger partial charge < -0.3 is 19.9 Å². The zero-order valence-electron chi connectivity index (χ0n) is 19.9. The highest BCUT2D eigenvalue weighted by Gasteiger charge is 2.25. The summed E-state index contributed by atoms with van der Waals surface area (Å²) in [7, 11) is 0. The van der Waals surface area contributed by atoms with Crippen molar-refractivity contribution < 1.29 is 19.4 Å². The molecule has 1 aliphatic carbocycles. The van der Waals surface area contributed by atoms with Crippen LogP contribution in [0, 0.1) is 6.92 Å². The van der Waals surface area contributed by atoms with E-state index in [0.29, 0.717) is 13.2 Å². The Morgan fingerprint density at radius 1 is 1.22 bits per heavy atom. The molecule has 0 unspecified atom stereocenters. The van der Waals surface area contributed by atoms with Gasteiger partial charge in [0.2, 0.25) is 5.91 Å². The van der Waals surface area contributed by atoms with Crippen LogP contribution >= 0.6 is 0 Å². The number of hydrogen-bond donors (Lipinski definition) is 2. The van der Waals surface area contributed by atoms with Crippen LogP contribution in [0.5, 0.6) is 5.75 Å². The molecule has 0 aliphatic heterocycles. The van der Waals surface area contributed by atoms with Crippen LogP contribution in [-0.2, 0) is 16.1 Å². The van der Waals surface area contributed by atoms with Crippen LogP contribution in [0.2, 0.25) is 0 Å². The van der Waals surface area contributed by atoms with Gasteiger partial charge in [-0.15, -0.1) is 0 Å². The van der Waals surface area contributed by atoms with Gasteiger partial charge in [-0.2, -0.15) is 0 Å². The second kappa shape index (κ2) is 11.1. The number of amides is 1. The summed E-state index contributed by atoms with van der Waals surface area (Å²) < 4.78 is 12.4. The summed E-state index contributed by atoms with van der Waals surface area (Å²) in [6.07, 6.45) is 5.99. The van der Waals surface area contributed by atoms with Crippen molar-refractivity contribution in [2.75, 3.05) is 6.61 Å². The summed E-state index contributed by atoms with van der Waals surface area (Å²) in [5, 5.41) is 13.9. The molecular formula is C26H38N2O4. The summed E-state index contributed by atoms with van der Waals surface area (Å²) in [6, 6.07) is 8.26. The van der Waals surface area contributed by atoms with Gasteiger partial charge in [0.1, 0.15) is 5.75 Å². The first kappa shape index (κ1) is 24.5. The van der Waals surface area contributed by atoms with E-state index >= 15 is 0 Å². The van der Waals surface area contributed by atoms with Crippen molar-refractivity contribution in [1.29, 1.82) is 0 Å². The largest absolute Gasteiger partial charge is 0.493 e. The number of nitrogens with zero attached hydrogens (tertiary/aromatic N) is 1. The molecule has 0 spiro atoms. The normalized spacial score (nSPS) is 19.2. The Hall–Kier alpha value is -2.18. The number of aliphatic hydroxyl groups is 1. The Balaban J connectivity index is 1.57. The fraction of sp³-hybridized carbons (Fsp3) is 0.615. The van der Waals surface area contributed by atoms with Gasteiger partial charge in [0.25, 0.3) is 0 Å². The molecule has 6 heteroatoms. The molecule has 0 saturated heterocycles. The molecule has 0 bridgehead atoms. The molecule has 176 valence electrons. The standard InChI is InChI=1S/C26H38N2O4/c1-5-6-15-31-25-18(2)23(28-22-10-8-7-9-21(22)25)17-32-20-13-11-19(12-14-20)27-24(29)16-26(3,4)30/h7-10,19-20,30H,5-6,11-17H2,1-4H3,(H,27,29). The first-order valence-electron chi connectivity index (χ1n) is 11.9. The van der Waals surface area contributed by atoms with Gasteiger partial charge in [-0.1, -0.05) is 25.5 Å². The molecule has 6 nitrogen and oxygen atoms in total. The van der Waals surface area contributed by atoms with E-state index in [0.717, 1.165) is 66.4 Å². The van der Waals surface area contributed by atoms with E-state index in [4.69, 9.17) is 14.5 Å². The minimum Gasteiger partial charge on any atom is -0.493 e. The molecule has 1 aliphatic rings. The average molecular weight is 443 g/mol. The van der Waals surface area contributed by atoms with Crippen LogP contribution in [0.25, 0.3) is 10.9 Å². The number of carbonyl (C=O) groups excluding carboxylic acids is 1. The second-order valence-corrected chi connectivity index (χ2v) is 9.57. The zero-order chi connectivity index (χ0) is 23.1. The maximum absolute atomic E-state index is 12.1. The Morgan fingerprint density at radius 3 is 2.62 bits per heavy atom. The fourth-order valence-corrected chi connectivity index (χ4v) is 4.21.